The Morgan fingerprint density at radius 1 is 0.971 bits per heavy atom. The van der Waals surface area contributed by atoms with Crippen molar-refractivity contribution < 1.29 is 19.1 Å². The Morgan fingerprint density at radius 2 is 1.62 bits per heavy atom. The summed E-state index contributed by atoms with van der Waals surface area (Å²) in [7, 11) is 2.42. The minimum absolute atomic E-state index is 0.00635. The van der Waals surface area contributed by atoms with E-state index in [1.165, 1.54) is 19.1 Å². The SMILES string of the molecule is COC(=O)C1=C(C(=O)OC)N(c2cccc3ccccc23)C(N)=C(C#N)[C@@H]1c1ccc(Cl)cc1. The third-order valence-electron chi connectivity index (χ3n) is 5.69. The molecule has 3 aromatic rings. The van der Waals surface area contributed by atoms with Gasteiger partial charge in [-0.05, 0) is 29.1 Å². The van der Waals surface area contributed by atoms with E-state index >= 15 is 0 Å². The summed E-state index contributed by atoms with van der Waals surface area (Å²) < 4.78 is 10.1. The number of halogens is 1. The highest BCUT2D eigenvalue weighted by Gasteiger charge is 2.43. The van der Waals surface area contributed by atoms with Gasteiger partial charge < -0.3 is 15.2 Å². The predicted octanol–water partition coefficient (Wildman–Crippen LogP) is 4.39. The molecule has 0 radical (unpaired) electrons. The maximum atomic E-state index is 13.2. The second kappa shape index (κ2) is 9.30. The minimum atomic E-state index is -0.963. The second-order valence-electron chi connectivity index (χ2n) is 7.47. The van der Waals surface area contributed by atoms with Gasteiger partial charge in [-0.1, -0.05) is 60.1 Å². The Balaban J connectivity index is 2.11. The molecule has 2 N–H and O–H groups in total. The average molecular weight is 474 g/mol. The summed E-state index contributed by atoms with van der Waals surface area (Å²) in [6, 6.07) is 21.7. The van der Waals surface area contributed by atoms with Gasteiger partial charge in [0.05, 0.1) is 43.0 Å². The van der Waals surface area contributed by atoms with Crippen molar-refractivity contribution in [1.82, 2.24) is 0 Å². The number of esters is 2. The molecular formula is C26H20ClN3O4. The van der Waals surface area contributed by atoms with Crippen LogP contribution in [0, 0.1) is 11.3 Å². The van der Waals surface area contributed by atoms with Crippen LogP contribution < -0.4 is 10.6 Å². The number of nitrogens with zero attached hydrogens (tertiary/aromatic N) is 2. The van der Waals surface area contributed by atoms with Crippen molar-refractivity contribution in [3.8, 4) is 6.07 Å². The Bertz CT molecular complexity index is 1400. The first-order chi connectivity index (χ1) is 16.4. The van der Waals surface area contributed by atoms with E-state index in [9.17, 15) is 14.9 Å². The highest BCUT2D eigenvalue weighted by atomic mass is 35.5. The van der Waals surface area contributed by atoms with Gasteiger partial charge in [0.1, 0.15) is 11.5 Å². The summed E-state index contributed by atoms with van der Waals surface area (Å²) in [4.78, 5) is 27.7. The molecule has 170 valence electrons. The van der Waals surface area contributed by atoms with Gasteiger partial charge >= 0.3 is 11.9 Å². The number of rotatable bonds is 4. The van der Waals surface area contributed by atoms with E-state index in [0.717, 1.165) is 10.8 Å². The predicted molar refractivity (Wildman–Crippen MR) is 129 cm³/mol. The maximum Gasteiger partial charge on any atom is 0.355 e. The quantitative estimate of drug-likeness (QED) is 0.560. The number of fused-ring (bicyclic) bond motifs is 1. The largest absolute Gasteiger partial charge is 0.466 e. The molecule has 0 unspecified atom stereocenters. The zero-order valence-corrected chi connectivity index (χ0v) is 19.2. The van der Waals surface area contributed by atoms with Crippen LogP contribution in [0.5, 0.6) is 0 Å². The summed E-state index contributed by atoms with van der Waals surface area (Å²) in [5, 5.41) is 12.3. The summed E-state index contributed by atoms with van der Waals surface area (Å²) in [5.41, 5.74) is 7.53. The normalized spacial score (nSPS) is 15.8. The molecule has 0 fully saturated rings. The lowest BCUT2D eigenvalue weighted by molar-refractivity contribution is -0.139. The van der Waals surface area contributed by atoms with Crippen LogP contribution in [-0.2, 0) is 19.1 Å². The van der Waals surface area contributed by atoms with Crippen LogP contribution >= 0.6 is 11.6 Å². The van der Waals surface area contributed by atoms with Crippen LogP contribution in [-0.4, -0.2) is 26.2 Å². The van der Waals surface area contributed by atoms with E-state index in [4.69, 9.17) is 26.8 Å². The van der Waals surface area contributed by atoms with Gasteiger partial charge in [-0.3, -0.25) is 4.90 Å². The van der Waals surface area contributed by atoms with Crippen LogP contribution in [0.15, 0.2) is 89.4 Å². The highest BCUT2D eigenvalue weighted by molar-refractivity contribution is 6.30. The molecule has 0 bridgehead atoms. The first-order valence-corrected chi connectivity index (χ1v) is 10.6. The Morgan fingerprint density at radius 3 is 2.26 bits per heavy atom. The van der Waals surface area contributed by atoms with Gasteiger partial charge in [-0.15, -0.1) is 0 Å². The molecule has 34 heavy (non-hydrogen) atoms. The number of anilines is 1. The van der Waals surface area contributed by atoms with Gasteiger partial charge in [0.2, 0.25) is 0 Å². The number of benzene rings is 3. The summed E-state index contributed by atoms with van der Waals surface area (Å²) >= 11 is 6.05. The summed E-state index contributed by atoms with van der Waals surface area (Å²) in [6.45, 7) is 0. The van der Waals surface area contributed by atoms with E-state index in [1.807, 2.05) is 30.3 Å². The molecule has 0 saturated heterocycles. The van der Waals surface area contributed by atoms with Gasteiger partial charge in [0.25, 0.3) is 0 Å². The number of carbonyl (C=O) groups is 2. The van der Waals surface area contributed by atoms with E-state index in [1.54, 1.807) is 36.4 Å². The number of ether oxygens (including phenoxy) is 2. The molecule has 7 nitrogen and oxygen atoms in total. The van der Waals surface area contributed by atoms with E-state index in [0.29, 0.717) is 16.3 Å². The number of allylic oxidation sites excluding steroid dienone is 1. The average Bonchev–Trinajstić information content (AvgIpc) is 2.87. The zero-order chi connectivity index (χ0) is 24.4. The third-order valence-corrected chi connectivity index (χ3v) is 5.94. The molecule has 8 heteroatoms. The van der Waals surface area contributed by atoms with E-state index in [-0.39, 0.29) is 22.7 Å². The first kappa shape index (κ1) is 22.9. The molecule has 1 atom stereocenters. The fourth-order valence-electron chi connectivity index (χ4n) is 4.18. The lowest BCUT2D eigenvalue weighted by Gasteiger charge is -2.36. The Hall–Kier alpha value is -4.28. The summed E-state index contributed by atoms with van der Waals surface area (Å²) in [5.74, 6) is -2.54. The Labute approximate surface area is 201 Å². The lowest BCUT2D eigenvalue weighted by atomic mass is 9.80. The molecule has 0 aliphatic carbocycles. The molecule has 0 saturated carbocycles. The van der Waals surface area contributed by atoms with Crippen LogP contribution in [0.25, 0.3) is 10.8 Å². The lowest BCUT2D eigenvalue weighted by Crippen LogP contribution is -2.40. The topological polar surface area (TPSA) is 106 Å². The molecule has 0 spiro atoms. The van der Waals surface area contributed by atoms with Crippen molar-refractivity contribution in [2.45, 2.75) is 5.92 Å². The molecule has 1 aliphatic heterocycles. The monoisotopic (exact) mass is 473 g/mol. The van der Waals surface area contributed by atoms with Gasteiger partial charge in [0, 0.05) is 10.4 Å². The van der Waals surface area contributed by atoms with E-state index in [2.05, 4.69) is 6.07 Å². The van der Waals surface area contributed by atoms with Crippen molar-refractivity contribution in [2.24, 2.45) is 5.73 Å². The van der Waals surface area contributed by atoms with Crippen LogP contribution in [0.2, 0.25) is 5.02 Å². The number of nitriles is 1. The zero-order valence-electron chi connectivity index (χ0n) is 18.4. The van der Waals surface area contributed by atoms with Gasteiger partial charge in [0.15, 0.2) is 0 Å². The van der Waals surface area contributed by atoms with E-state index < -0.39 is 17.9 Å². The van der Waals surface area contributed by atoms with Crippen molar-refractivity contribution in [3.63, 3.8) is 0 Å². The smallest absolute Gasteiger partial charge is 0.355 e. The first-order valence-electron chi connectivity index (χ1n) is 10.3. The standard InChI is InChI=1S/C26H20ClN3O4/c1-33-25(31)22-21(16-10-12-17(27)13-11-16)19(14-28)24(29)30(23(22)26(32)34-2)20-9-5-7-15-6-3-4-8-18(15)20/h3-13,21H,29H2,1-2H3/t21-/m0/s1. The molecule has 4 rings (SSSR count). The number of hydrogen-bond donors (Lipinski definition) is 1. The minimum Gasteiger partial charge on any atom is -0.466 e. The van der Waals surface area contributed by atoms with Crippen molar-refractivity contribution in [1.29, 1.82) is 5.26 Å². The molecular weight excluding hydrogens is 454 g/mol. The van der Waals surface area contributed by atoms with Crippen molar-refractivity contribution in [2.75, 3.05) is 19.1 Å². The number of carbonyl (C=O) groups excluding carboxylic acids is 2. The molecule has 0 amide bonds. The van der Waals surface area contributed by atoms with Crippen molar-refractivity contribution >= 4 is 40.0 Å². The summed E-state index contributed by atoms with van der Waals surface area (Å²) in [6.07, 6.45) is 0. The molecule has 0 aromatic heterocycles. The van der Waals surface area contributed by atoms with Gasteiger partial charge in [-0.2, -0.15) is 5.26 Å². The highest BCUT2D eigenvalue weighted by Crippen LogP contribution is 2.44. The second-order valence-corrected chi connectivity index (χ2v) is 7.91. The van der Waals surface area contributed by atoms with Crippen LogP contribution in [0.4, 0.5) is 5.69 Å². The fourth-order valence-corrected chi connectivity index (χ4v) is 4.30. The van der Waals surface area contributed by atoms with Crippen molar-refractivity contribution in [3.05, 3.63) is 100.0 Å². The molecule has 3 aromatic carbocycles. The number of hydrogen-bond acceptors (Lipinski definition) is 7. The van der Waals surface area contributed by atoms with Gasteiger partial charge in [-0.25, -0.2) is 9.59 Å². The molecule has 1 aliphatic rings. The van der Waals surface area contributed by atoms with Crippen LogP contribution in [0.1, 0.15) is 11.5 Å². The maximum absolute atomic E-state index is 13.2. The third kappa shape index (κ3) is 3.74. The number of nitrogens with two attached hydrogens (primary N) is 1. The Kier molecular flexibility index (Phi) is 6.26. The molecule has 1 heterocycles. The fraction of sp³-hybridized carbons (Fsp3) is 0.115. The van der Waals surface area contributed by atoms with Crippen LogP contribution in [0.3, 0.4) is 0 Å². The number of methoxy groups -OCH3 is 2.